The molecule has 3 nitrogen and oxygen atoms in total. The molecule has 168 valence electrons. The summed E-state index contributed by atoms with van der Waals surface area (Å²) in [5.41, 5.74) is 3.90. The van der Waals surface area contributed by atoms with Crippen LogP contribution in [0.5, 0.6) is 0 Å². The first-order valence-electron chi connectivity index (χ1n) is 12.7. The van der Waals surface area contributed by atoms with Crippen molar-refractivity contribution in [3.8, 4) is 0 Å². The minimum atomic E-state index is 0.355. The number of aryl methyl sites for hydroxylation is 1. The van der Waals surface area contributed by atoms with E-state index in [0.29, 0.717) is 24.3 Å². The molecule has 2 unspecified atom stereocenters. The fourth-order valence-corrected chi connectivity index (χ4v) is 5.47. The van der Waals surface area contributed by atoms with Crippen molar-refractivity contribution in [3.05, 3.63) is 29.3 Å². The zero-order valence-electron chi connectivity index (χ0n) is 19.8. The van der Waals surface area contributed by atoms with Gasteiger partial charge in [0.1, 0.15) is 0 Å². The fraction of sp³-hybridized carbons (Fsp3) is 0.741. The highest BCUT2D eigenvalue weighted by Gasteiger charge is 2.43. The lowest BCUT2D eigenvalue weighted by atomic mass is 9.89. The SMILES string of the molecule is CCCCCCCCCCCCCC(=O)N1c2ccc(C)cc2C2CN(C)CCC21. The Morgan fingerprint density at radius 3 is 2.27 bits per heavy atom. The molecule has 2 aliphatic heterocycles. The molecule has 1 saturated heterocycles. The van der Waals surface area contributed by atoms with Crippen LogP contribution in [0.1, 0.15) is 107 Å². The number of anilines is 1. The van der Waals surface area contributed by atoms with Gasteiger partial charge >= 0.3 is 0 Å². The van der Waals surface area contributed by atoms with Crippen LogP contribution in [-0.4, -0.2) is 37.0 Å². The first-order chi connectivity index (χ1) is 14.6. The number of benzene rings is 1. The minimum absolute atomic E-state index is 0.355. The molecular weight excluding hydrogens is 368 g/mol. The summed E-state index contributed by atoms with van der Waals surface area (Å²) in [6.07, 6.45) is 16.4. The van der Waals surface area contributed by atoms with Crippen molar-refractivity contribution in [1.82, 2.24) is 4.90 Å². The topological polar surface area (TPSA) is 23.6 Å². The Hall–Kier alpha value is -1.35. The Morgan fingerprint density at radius 2 is 1.60 bits per heavy atom. The van der Waals surface area contributed by atoms with Gasteiger partial charge in [-0.1, -0.05) is 88.8 Å². The highest BCUT2D eigenvalue weighted by atomic mass is 16.2. The third-order valence-electron chi connectivity index (χ3n) is 7.22. The number of likely N-dealkylation sites (N-methyl/N-ethyl adjacent to an activating group) is 1. The number of nitrogens with zero attached hydrogens (tertiary/aromatic N) is 2. The lowest BCUT2D eigenvalue weighted by Crippen LogP contribution is -2.47. The van der Waals surface area contributed by atoms with Crippen LogP contribution < -0.4 is 4.90 Å². The van der Waals surface area contributed by atoms with Crippen molar-refractivity contribution >= 4 is 11.6 Å². The van der Waals surface area contributed by atoms with Crippen molar-refractivity contribution < 1.29 is 4.79 Å². The molecule has 0 bridgehead atoms. The Balaban J connectivity index is 1.40. The van der Waals surface area contributed by atoms with Crippen molar-refractivity contribution in [2.24, 2.45) is 0 Å². The summed E-state index contributed by atoms with van der Waals surface area (Å²) in [6, 6.07) is 7.06. The van der Waals surface area contributed by atoms with Gasteiger partial charge in [0.2, 0.25) is 5.91 Å². The van der Waals surface area contributed by atoms with E-state index in [1.807, 2.05) is 0 Å². The quantitative estimate of drug-likeness (QED) is 0.351. The van der Waals surface area contributed by atoms with E-state index < -0.39 is 0 Å². The molecule has 1 aromatic rings. The molecule has 0 N–H and O–H groups in total. The number of amides is 1. The molecule has 0 saturated carbocycles. The number of rotatable bonds is 12. The standard InChI is InChI=1S/C27H44N2O/c1-4-5-6-7-8-9-10-11-12-13-14-15-27(30)29-25-17-16-22(2)20-23(25)24-21-28(3)19-18-26(24)29/h16-17,20,24,26H,4-15,18-19,21H2,1-3H3. The van der Waals surface area contributed by atoms with Crippen molar-refractivity contribution in [2.75, 3.05) is 25.0 Å². The predicted octanol–water partition coefficient (Wildman–Crippen LogP) is 6.83. The Labute approximate surface area is 185 Å². The van der Waals surface area contributed by atoms with Gasteiger partial charge in [-0.05, 0) is 45.0 Å². The van der Waals surface area contributed by atoms with Gasteiger partial charge in [-0.2, -0.15) is 0 Å². The minimum Gasteiger partial charge on any atom is -0.308 e. The number of fused-ring (bicyclic) bond motifs is 3. The van der Waals surface area contributed by atoms with E-state index >= 15 is 0 Å². The number of carbonyl (C=O) groups excluding carboxylic acids is 1. The second-order valence-corrected chi connectivity index (χ2v) is 9.84. The number of piperidine rings is 1. The number of likely N-dealkylation sites (tertiary alicyclic amines) is 1. The summed E-state index contributed by atoms with van der Waals surface area (Å²) in [4.78, 5) is 17.8. The number of hydrogen-bond donors (Lipinski definition) is 0. The van der Waals surface area contributed by atoms with E-state index in [1.165, 1.54) is 81.0 Å². The molecule has 0 radical (unpaired) electrons. The smallest absolute Gasteiger partial charge is 0.227 e. The van der Waals surface area contributed by atoms with E-state index in [-0.39, 0.29) is 0 Å². The van der Waals surface area contributed by atoms with Gasteiger partial charge in [0, 0.05) is 30.6 Å². The fourth-order valence-electron chi connectivity index (χ4n) is 5.47. The summed E-state index contributed by atoms with van der Waals surface area (Å²) in [5, 5.41) is 0. The third-order valence-corrected chi connectivity index (χ3v) is 7.22. The monoisotopic (exact) mass is 412 g/mol. The van der Waals surface area contributed by atoms with Crippen molar-refractivity contribution in [1.29, 1.82) is 0 Å². The first-order valence-corrected chi connectivity index (χ1v) is 12.7. The van der Waals surface area contributed by atoms with E-state index in [0.717, 1.165) is 25.9 Å². The van der Waals surface area contributed by atoms with Crippen LogP contribution in [-0.2, 0) is 4.79 Å². The second-order valence-electron chi connectivity index (χ2n) is 9.84. The average molecular weight is 413 g/mol. The lowest BCUT2D eigenvalue weighted by molar-refractivity contribution is -0.119. The molecule has 1 amide bonds. The largest absolute Gasteiger partial charge is 0.308 e. The predicted molar refractivity (Wildman–Crippen MR) is 128 cm³/mol. The third kappa shape index (κ3) is 6.09. The van der Waals surface area contributed by atoms with E-state index in [2.05, 4.69) is 48.9 Å². The van der Waals surface area contributed by atoms with Crippen LogP contribution in [0, 0.1) is 6.92 Å². The van der Waals surface area contributed by atoms with E-state index in [9.17, 15) is 4.79 Å². The molecule has 1 aromatic carbocycles. The maximum atomic E-state index is 13.2. The Kier molecular flexibility index (Phi) is 9.24. The normalized spacial score (nSPS) is 21.0. The molecule has 2 heterocycles. The van der Waals surface area contributed by atoms with Crippen LogP contribution in [0.3, 0.4) is 0 Å². The van der Waals surface area contributed by atoms with E-state index in [4.69, 9.17) is 0 Å². The van der Waals surface area contributed by atoms with Crippen LogP contribution in [0.4, 0.5) is 5.69 Å². The molecular formula is C27H44N2O. The van der Waals surface area contributed by atoms with Gasteiger partial charge in [0.05, 0.1) is 0 Å². The van der Waals surface area contributed by atoms with Crippen LogP contribution in [0.2, 0.25) is 0 Å². The second kappa shape index (κ2) is 11.9. The summed E-state index contributed by atoms with van der Waals surface area (Å²) in [6.45, 7) is 6.61. The molecule has 3 heteroatoms. The zero-order valence-corrected chi connectivity index (χ0v) is 19.8. The lowest BCUT2D eigenvalue weighted by Gasteiger charge is -2.36. The molecule has 3 rings (SSSR count). The summed E-state index contributed by atoms with van der Waals surface area (Å²) < 4.78 is 0. The average Bonchev–Trinajstić information content (AvgIpc) is 3.04. The molecule has 30 heavy (non-hydrogen) atoms. The summed E-state index contributed by atoms with van der Waals surface area (Å²) >= 11 is 0. The highest BCUT2D eigenvalue weighted by Crippen LogP contribution is 2.45. The first kappa shape index (κ1) is 23.3. The highest BCUT2D eigenvalue weighted by molar-refractivity contribution is 5.96. The van der Waals surface area contributed by atoms with Crippen LogP contribution >= 0.6 is 0 Å². The van der Waals surface area contributed by atoms with Crippen LogP contribution in [0.25, 0.3) is 0 Å². The van der Waals surface area contributed by atoms with Gasteiger partial charge < -0.3 is 9.80 Å². The van der Waals surface area contributed by atoms with Crippen LogP contribution in [0.15, 0.2) is 18.2 Å². The summed E-state index contributed by atoms with van der Waals surface area (Å²) in [7, 11) is 2.21. The molecule has 2 aliphatic rings. The Morgan fingerprint density at radius 1 is 0.967 bits per heavy atom. The van der Waals surface area contributed by atoms with Gasteiger partial charge in [0.15, 0.2) is 0 Å². The maximum Gasteiger partial charge on any atom is 0.227 e. The molecule has 0 aromatic heterocycles. The Bertz CT molecular complexity index is 671. The van der Waals surface area contributed by atoms with Gasteiger partial charge in [-0.3, -0.25) is 4.79 Å². The number of unbranched alkanes of at least 4 members (excludes halogenated alkanes) is 10. The maximum absolute atomic E-state index is 13.2. The number of hydrogen-bond acceptors (Lipinski definition) is 2. The zero-order chi connectivity index (χ0) is 21.3. The summed E-state index contributed by atoms with van der Waals surface area (Å²) in [5.74, 6) is 0.841. The van der Waals surface area contributed by atoms with Crippen molar-refractivity contribution in [2.45, 2.75) is 109 Å². The van der Waals surface area contributed by atoms with Gasteiger partial charge in [-0.25, -0.2) is 0 Å². The van der Waals surface area contributed by atoms with Crippen molar-refractivity contribution in [3.63, 3.8) is 0 Å². The molecule has 2 atom stereocenters. The van der Waals surface area contributed by atoms with Gasteiger partial charge in [-0.15, -0.1) is 0 Å². The molecule has 0 spiro atoms. The van der Waals surface area contributed by atoms with Gasteiger partial charge in [0.25, 0.3) is 0 Å². The number of carbonyl (C=O) groups is 1. The van der Waals surface area contributed by atoms with E-state index in [1.54, 1.807) is 0 Å². The molecule has 0 aliphatic carbocycles. The molecule has 1 fully saturated rings.